The SMILES string of the molecule is CC(C)C(N)C(=O)O.COC(=O)CCC(C)C(=O)N[C@H](C(=O)O)C(C)C. The zero-order valence-corrected chi connectivity index (χ0v) is 16.3. The van der Waals surface area contributed by atoms with Crippen molar-refractivity contribution in [3.8, 4) is 0 Å². The average Bonchev–Trinajstić information content (AvgIpc) is 2.55. The molecule has 0 aliphatic heterocycles. The molecule has 2 unspecified atom stereocenters. The van der Waals surface area contributed by atoms with Gasteiger partial charge >= 0.3 is 17.9 Å². The highest BCUT2D eigenvalue weighted by Gasteiger charge is 2.25. The lowest BCUT2D eigenvalue weighted by atomic mass is 10.0. The zero-order chi connectivity index (χ0) is 21.0. The third kappa shape index (κ3) is 11.4. The zero-order valence-electron chi connectivity index (χ0n) is 16.3. The predicted molar refractivity (Wildman–Crippen MR) is 95.3 cm³/mol. The van der Waals surface area contributed by atoms with Crippen LogP contribution in [0.25, 0.3) is 0 Å². The third-order valence-corrected chi connectivity index (χ3v) is 3.69. The van der Waals surface area contributed by atoms with E-state index in [0.29, 0.717) is 6.42 Å². The summed E-state index contributed by atoms with van der Waals surface area (Å²) in [6, 6.07) is -1.62. The van der Waals surface area contributed by atoms with Crippen molar-refractivity contribution in [1.82, 2.24) is 5.32 Å². The number of aliphatic carboxylic acids is 2. The van der Waals surface area contributed by atoms with Crippen LogP contribution in [0, 0.1) is 17.8 Å². The van der Waals surface area contributed by atoms with Crippen LogP contribution < -0.4 is 11.1 Å². The first kappa shape index (κ1) is 26.1. The fourth-order valence-corrected chi connectivity index (χ4v) is 1.66. The molecule has 0 aromatic heterocycles. The number of nitrogens with two attached hydrogens (primary N) is 1. The van der Waals surface area contributed by atoms with Gasteiger partial charge in [-0.2, -0.15) is 0 Å². The number of carboxylic acid groups (broad SMARTS) is 2. The number of hydrogen-bond donors (Lipinski definition) is 4. The molecule has 0 aliphatic rings. The van der Waals surface area contributed by atoms with E-state index in [1.54, 1.807) is 34.6 Å². The maximum absolute atomic E-state index is 11.7. The summed E-state index contributed by atoms with van der Waals surface area (Å²) in [7, 11) is 1.28. The van der Waals surface area contributed by atoms with Crippen LogP contribution in [0.1, 0.15) is 47.5 Å². The number of methoxy groups -OCH3 is 1. The molecule has 0 aliphatic carbocycles. The largest absolute Gasteiger partial charge is 0.480 e. The predicted octanol–water partition coefficient (Wildman–Crippen LogP) is 0.855. The van der Waals surface area contributed by atoms with Crippen molar-refractivity contribution >= 4 is 23.8 Å². The normalized spacial score (nSPS) is 13.9. The van der Waals surface area contributed by atoms with E-state index in [2.05, 4.69) is 10.1 Å². The minimum atomic E-state index is -1.06. The van der Waals surface area contributed by atoms with Crippen molar-refractivity contribution in [3.05, 3.63) is 0 Å². The molecule has 0 saturated carbocycles. The maximum atomic E-state index is 11.7. The Morgan fingerprint density at radius 3 is 1.73 bits per heavy atom. The van der Waals surface area contributed by atoms with Crippen LogP contribution in [-0.2, 0) is 23.9 Å². The van der Waals surface area contributed by atoms with E-state index in [-0.39, 0.29) is 30.1 Å². The number of amides is 1. The second-order valence-corrected chi connectivity index (χ2v) is 6.69. The molecule has 152 valence electrons. The Hall–Kier alpha value is -2.16. The molecule has 0 aromatic carbocycles. The molecule has 9 heteroatoms. The molecule has 0 radical (unpaired) electrons. The maximum Gasteiger partial charge on any atom is 0.326 e. The summed E-state index contributed by atoms with van der Waals surface area (Å²) >= 11 is 0. The summed E-state index contributed by atoms with van der Waals surface area (Å²) < 4.78 is 4.47. The molecule has 3 atom stereocenters. The summed E-state index contributed by atoms with van der Waals surface area (Å²) in [5.41, 5.74) is 5.16. The van der Waals surface area contributed by atoms with Gasteiger partial charge in [-0.15, -0.1) is 0 Å². The summed E-state index contributed by atoms with van der Waals surface area (Å²) in [5.74, 6) is -3.33. The standard InChI is InChI=1S/C12H21NO5.C5H11NO2/c1-7(2)10(12(16)17)13-11(15)8(3)5-6-9(14)18-4;1-3(2)4(6)5(7)8/h7-8,10H,5-6H2,1-4H3,(H,13,15)(H,16,17);3-4H,6H2,1-2H3,(H,7,8)/t8?,10-;/m0./s1. The van der Waals surface area contributed by atoms with Gasteiger partial charge in [0, 0.05) is 12.3 Å². The monoisotopic (exact) mass is 376 g/mol. The van der Waals surface area contributed by atoms with E-state index >= 15 is 0 Å². The minimum absolute atomic E-state index is 0.0208. The van der Waals surface area contributed by atoms with Gasteiger partial charge in [0.2, 0.25) is 5.91 Å². The number of esters is 1. The molecular formula is C17H32N2O7. The van der Waals surface area contributed by atoms with E-state index in [1.807, 2.05) is 0 Å². The van der Waals surface area contributed by atoms with Crippen LogP contribution in [0.2, 0.25) is 0 Å². The Morgan fingerprint density at radius 1 is 0.962 bits per heavy atom. The van der Waals surface area contributed by atoms with Crippen LogP contribution in [0.4, 0.5) is 0 Å². The number of nitrogens with one attached hydrogen (secondary N) is 1. The van der Waals surface area contributed by atoms with Gasteiger partial charge in [0.1, 0.15) is 12.1 Å². The number of ether oxygens (including phenoxy) is 1. The number of carbonyl (C=O) groups excluding carboxylic acids is 2. The Morgan fingerprint density at radius 2 is 1.46 bits per heavy atom. The van der Waals surface area contributed by atoms with Crippen molar-refractivity contribution in [2.24, 2.45) is 23.5 Å². The van der Waals surface area contributed by atoms with Gasteiger partial charge in [-0.25, -0.2) is 4.79 Å². The first-order valence-electron chi connectivity index (χ1n) is 8.43. The average molecular weight is 376 g/mol. The molecule has 5 N–H and O–H groups in total. The minimum Gasteiger partial charge on any atom is -0.480 e. The van der Waals surface area contributed by atoms with E-state index in [4.69, 9.17) is 15.9 Å². The third-order valence-electron chi connectivity index (χ3n) is 3.69. The molecule has 0 fully saturated rings. The van der Waals surface area contributed by atoms with Crippen LogP contribution in [0.15, 0.2) is 0 Å². The van der Waals surface area contributed by atoms with Crippen LogP contribution in [-0.4, -0.2) is 53.2 Å². The lowest BCUT2D eigenvalue weighted by Gasteiger charge is -2.20. The van der Waals surface area contributed by atoms with Crippen LogP contribution >= 0.6 is 0 Å². The first-order valence-corrected chi connectivity index (χ1v) is 8.43. The summed E-state index contributed by atoms with van der Waals surface area (Å²) in [4.78, 5) is 43.6. The molecule has 0 saturated heterocycles. The second kappa shape index (κ2) is 13.1. The van der Waals surface area contributed by atoms with Crippen molar-refractivity contribution in [1.29, 1.82) is 0 Å². The molecule has 0 aromatic rings. The molecule has 0 heterocycles. The smallest absolute Gasteiger partial charge is 0.326 e. The molecular weight excluding hydrogens is 344 g/mol. The summed E-state index contributed by atoms with van der Waals surface area (Å²) in [6.07, 6.45) is 0.480. The molecule has 26 heavy (non-hydrogen) atoms. The quantitative estimate of drug-likeness (QED) is 0.432. The molecule has 0 spiro atoms. The van der Waals surface area contributed by atoms with Gasteiger partial charge in [0.05, 0.1) is 7.11 Å². The molecule has 1 amide bonds. The Balaban J connectivity index is 0. The highest BCUT2D eigenvalue weighted by atomic mass is 16.5. The Kier molecular flexibility index (Phi) is 13.1. The molecule has 0 rings (SSSR count). The fraction of sp³-hybridized carbons (Fsp3) is 0.765. The Bertz CT molecular complexity index is 478. The van der Waals surface area contributed by atoms with Crippen molar-refractivity contribution in [2.45, 2.75) is 59.5 Å². The van der Waals surface area contributed by atoms with Crippen LogP contribution in [0.3, 0.4) is 0 Å². The molecule has 0 bridgehead atoms. The lowest BCUT2D eigenvalue weighted by Crippen LogP contribution is -2.46. The molecule has 9 nitrogen and oxygen atoms in total. The van der Waals surface area contributed by atoms with Gasteiger partial charge in [0.15, 0.2) is 0 Å². The van der Waals surface area contributed by atoms with E-state index in [1.165, 1.54) is 7.11 Å². The highest BCUT2D eigenvalue weighted by Crippen LogP contribution is 2.09. The highest BCUT2D eigenvalue weighted by molar-refractivity contribution is 5.85. The van der Waals surface area contributed by atoms with E-state index in [9.17, 15) is 19.2 Å². The van der Waals surface area contributed by atoms with Crippen LogP contribution in [0.5, 0.6) is 0 Å². The van der Waals surface area contributed by atoms with Crippen molar-refractivity contribution in [3.63, 3.8) is 0 Å². The van der Waals surface area contributed by atoms with Gasteiger partial charge in [-0.1, -0.05) is 34.6 Å². The lowest BCUT2D eigenvalue weighted by molar-refractivity contribution is -0.144. The summed E-state index contributed by atoms with van der Waals surface area (Å²) in [5, 5.41) is 19.6. The van der Waals surface area contributed by atoms with Gasteiger partial charge in [-0.3, -0.25) is 14.4 Å². The second-order valence-electron chi connectivity index (χ2n) is 6.69. The topological polar surface area (TPSA) is 156 Å². The first-order chi connectivity index (χ1) is 11.8. The van der Waals surface area contributed by atoms with Gasteiger partial charge < -0.3 is 26.0 Å². The van der Waals surface area contributed by atoms with E-state index < -0.39 is 29.9 Å². The number of carboxylic acids is 2. The number of carbonyl (C=O) groups is 4. The van der Waals surface area contributed by atoms with Gasteiger partial charge in [-0.05, 0) is 18.3 Å². The fourth-order valence-electron chi connectivity index (χ4n) is 1.66. The van der Waals surface area contributed by atoms with Crippen molar-refractivity contribution < 1.29 is 34.1 Å². The van der Waals surface area contributed by atoms with Gasteiger partial charge in [0.25, 0.3) is 0 Å². The summed E-state index contributed by atoms with van der Waals surface area (Å²) in [6.45, 7) is 8.64. The van der Waals surface area contributed by atoms with E-state index in [0.717, 1.165) is 0 Å². The number of hydrogen-bond acceptors (Lipinski definition) is 6. The number of rotatable bonds is 9. The van der Waals surface area contributed by atoms with Crippen molar-refractivity contribution in [2.75, 3.05) is 7.11 Å². The Labute approximate surface area is 154 Å².